The zero-order valence-corrected chi connectivity index (χ0v) is 16.1. The Labute approximate surface area is 157 Å². The highest BCUT2D eigenvalue weighted by Gasteiger charge is 2.19. The van der Waals surface area contributed by atoms with E-state index in [9.17, 15) is 9.59 Å². The molecule has 3 heterocycles. The molecule has 2 aromatic rings. The minimum Gasteiger partial charge on any atom is -0.403 e. The number of hydrogen-bond donors (Lipinski definition) is 1. The van der Waals surface area contributed by atoms with Gasteiger partial charge < -0.3 is 14.2 Å². The van der Waals surface area contributed by atoms with Crippen LogP contribution in [0.25, 0.3) is 11.1 Å². The van der Waals surface area contributed by atoms with Gasteiger partial charge in [0.25, 0.3) is 5.56 Å². The summed E-state index contributed by atoms with van der Waals surface area (Å²) >= 11 is 0. The number of oxime groups is 1. The Kier molecular flexibility index (Phi) is 5.93. The lowest BCUT2D eigenvalue weighted by Crippen LogP contribution is -2.38. The maximum Gasteiger partial charge on any atom is 0.337 e. The van der Waals surface area contributed by atoms with Crippen LogP contribution in [0.3, 0.4) is 0 Å². The topological polar surface area (TPSA) is 101 Å². The van der Waals surface area contributed by atoms with Crippen LogP contribution in [0, 0.1) is 5.92 Å². The molecular formula is C19H26N4O4. The van der Waals surface area contributed by atoms with Crippen molar-refractivity contribution in [3.05, 3.63) is 32.4 Å². The first-order valence-electron chi connectivity index (χ1n) is 9.57. The zero-order chi connectivity index (χ0) is 19.4. The van der Waals surface area contributed by atoms with Gasteiger partial charge in [-0.1, -0.05) is 25.9 Å². The fraction of sp³-hybridized carbons (Fsp3) is 0.579. The van der Waals surface area contributed by atoms with Gasteiger partial charge in [0, 0.05) is 25.6 Å². The van der Waals surface area contributed by atoms with Crippen molar-refractivity contribution < 1.29 is 9.25 Å². The number of piperidine rings is 1. The second-order valence-electron chi connectivity index (χ2n) is 7.01. The Morgan fingerprint density at radius 1 is 1.37 bits per heavy atom. The summed E-state index contributed by atoms with van der Waals surface area (Å²) in [6.07, 6.45) is 4.49. The number of amidine groups is 1. The van der Waals surface area contributed by atoms with Gasteiger partial charge in [-0.15, -0.1) is 0 Å². The molecule has 0 aliphatic carbocycles. The first-order valence-corrected chi connectivity index (χ1v) is 9.57. The number of H-pyrrole nitrogens is 1. The van der Waals surface area contributed by atoms with Crippen molar-refractivity contribution in [1.29, 1.82) is 0 Å². The molecule has 2 aromatic heterocycles. The van der Waals surface area contributed by atoms with Gasteiger partial charge in [0.1, 0.15) is 11.2 Å². The van der Waals surface area contributed by atoms with E-state index in [-0.39, 0.29) is 17.1 Å². The van der Waals surface area contributed by atoms with E-state index in [1.165, 1.54) is 6.07 Å². The van der Waals surface area contributed by atoms with Crippen LogP contribution in [0.1, 0.15) is 52.0 Å². The molecule has 0 atom stereocenters. The van der Waals surface area contributed by atoms with Crippen molar-refractivity contribution in [3.63, 3.8) is 0 Å². The molecule has 1 aliphatic heterocycles. The summed E-state index contributed by atoms with van der Waals surface area (Å²) in [5.74, 6) is 1.56. The highest BCUT2D eigenvalue weighted by atomic mass is 16.6. The normalized spacial score (nSPS) is 16.1. The Morgan fingerprint density at radius 3 is 2.78 bits per heavy atom. The summed E-state index contributed by atoms with van der Waals surface area (Å²) in [7, 11) is 0. The van der Waals surface area contributed by atoms with Crippen LogP contribution < -0.4 is 16.0 Å². The Morgan fingerprint density at radius 2 is 2.11 bits per heavy atom. The largest absolute Gasteiger partial charge is 0.403 e. The minimum absolute atomic E-state index is 0.0304. The van der Waals surface area contributed by atoms with Crippen molar-refractivity contribution in [2.24, 2.45) is 11.1 Å². The average Bonchev–Trinajstić information content (AvgIpc) is 2.64. The summed E-state index contributed by atoms with van der Waals surface area (Å²) in [4.78, 5) is 38.4. The molecule has 1 aliphatic rings. The number of likely N-dealkylation sites (tertiary alicyclic amines) is 1. The molecule has 1 fully saturated rings. The monoisotopic (exact) mass is 374 g/mol. The van der Waals surface area contributed by atoms with E-state index in [0.29, 0.717) is 12.0 Å². The molecule has 0 bridgehead atoms. The highest BCUT2D eigenvalue weighted by molar-refractivity contribution is 5.82. The van der Waals surface area contributed by atoms with Crippen molar-refractivity contribution in [1.82, 2.24) is 14.9 Å². The lowest BCUT2D eigenvalue weighted by Gasteiger charge is -2.32. The summed E-state index contributed by atoms with van der Waals surface area (Å²) in [5.41, 5.74) is -0.382. The molecule has 0 unspecified atom stereocenters. The Balaban J connectivity index is 1.89. The fourth-order valence-corrected chi connectivity index (χ4v) is 3.30. The van der Waals surface area contributed by atoms with Crippen LogP contribution in [-0.4, -0.2) is 33.8 Å². The van der Waals surface area contributed by atoms with E-state index in [1.54, 1.807) is 0 Å². The predicted molar refractivity (Wildman–Crippen MR) is 103 cm³/mol. The molecule has 8 nitrogen and oxygen atoms in total. The summed E-state index contributed by atoms with van der Waals surface area (Å²) in [5, 5.41) is 4.51. The van der Waals surface area contributed by atoms with Crippen molar-refractivity contribution >= 4 is 16.9 Å². The van der Waals surface area contributed by atoms with Gasteiger partial charge in [-0.25, -0.2) is 4.79 Å². The van der Waals surface area contributed by atoms with E-state index in [0.717, 1.165) is 50.5 Å². The Bertz CT molecular complexity index is 939. The van der Waals surface area contributed by atoms with Gasteiger partial charge in [-0.3, -0.25) is 9.78 Å². The van der Waals surface area contributed by atoms with Crippen LogP contribution in [0.2, 0.25) is 0 Å². The number of rotatable bonds is 5. The van der Waals surface area contributed by atoms with Gasteiger partial charge >= 0.3 is 11.6 Å². The number of nitrogens with one attached hydrogen (secondary N) is 1. The fourth-order valence-electron chi connectivity index (χ4n) is 3.30. The van der Waals surface area contributed by atoms with E-state index in [4.69, 9.17) is 9.25 Å². The van der Waals surface area contributed by atoms with Crippen LogP contribution in [0.4, 0.5) is 0 Å². The number of aromatic amines is 1. The minimum atomic E-state index is -0.541. The first-order chi connectivity index (χ1) is 13.0. The van der Waals surface area contributed by atoms with E-state index in [1.807, 2.05) is 6.92 Å². The Hall–Kier alpha value is -2.64. The standard InChI is InChI=1S/C19H26N4O4/c1-4-6-14(23-9-7-12(3)8-10-23)22-27-19-20-17(25)16-13(5-2)11-15(24)26-18(16)21-19/h11-12H,4-10H2,1-3H3,(H,20,21,25)/b22-14-. The summed E-state index contributed by atoms with van der Waals surface area (Å²) in [6, 6.07) is 1.23. The zero-order valence-electron chi connectivity index (χ0n) is 16.1. The summed E-state index contributed by atoms with van der Waals surface area (Å²) < 4.78 is 5.08. The third-order valence-corrected chi connectivity index (χ3v) is 4.92. The maximum absolute atomic E-state index is 12.4. The molecule has 0 saturated carbocycles. The number of fused-ring (bicyclic) bond motifs is 1. The van der Waals surface area contributed by atoms with Gasteiger partial charge in [0.2, 0.25) is 5.71 Å². The van der Waals surface area contributed by atoms with Gasteiger partial charge in [-0.05, 0) is 37.2 Å². The molecule has 1 saturated heterocycles. The molecule has 0 spiro atoms. The first kappa shape index (κ1) is 19.1. The molecule has 146 valence electrons. The van der Waals surface area contributed by atoms with Gasteiger partial charge in [-0.2, -0.15) is 4.98 Å². The van der Waals surface area contributed by atoms with E-state index < -0.39 is 11.2 Å². The van der Waals surface area contributed by atoms with Crippen molar-refractivity contribution in [2.75, 3.05) is 13.1 Å². The quantitative estimate of drug-likeness (QED) is 0.490. The molecular weight excluding hydrogens is 348 g/mol. The smallest absolute Gasteiger partial charge is 0.337 e. The third-order valence-electron chi connectivity index (χ3n) is 4.92. The lowest BCUT2D eigenvalue weighted by atomic mass is 9.99. The molecule has 0 amide bonds. The SMILES string of the molecule is CCC/C(=N/Oc1nc2oc(=O)cc(CC)c2c(=O)[nH]1)N1CCC(C)CC1. The van der Waals surface area contributed by atoms with Crippen molar-refractivity contribution in [2.45, 2.75) is 52.9 Å². The van der Waals surface area contributed by atoms with Crippen LogP contribution >= 0.6 is 0 Å². The predicted octanol–water partition coefficient (Wildman–Crippen LogP) is 2.66. The second kappa shape index (κ2) is 8.37. The average molecular weight is 374 g/mol. The van der Waals surface area contributed by atoms with Gasteiger partial charge in [0.05, 0.1) is 0 Å². The highest BCUT2D eigenvalue weighted by Crippen LogP contribution is 2.18. The van der Waals surface area contributed by atoms with E-state index in [2.05, 4.69) is 33.9 Å². The number of hydrogen-bond acceptors (Lipinski definition) is 6. The lowest BCUT2D eigenvalue weighted by molar-refractivity contribution is 0.253. The molecule has 0 aromatic carbocycles. The third kappa shape index (κ3) is 4.37. The van der Waals surface area contributed by atoms with Crippen molar-refractivity contribution in [3.8, 4) is 6.01 Å². The number of aryl methyl sites for hydroxylation is 1. The molecule has 0 radical (unpaired) electrons. The van der Waals surface area contributed by atoms with Gasteiger partial charge in [0.15, 0.2) is 0 Å². The van der Waals surface area contributed by atoms with Crippen LogP contribution in [0.15, 0.2) is 25.2 Å². The second-order valence-corrected chi connectivity index (χ2v) is 7.01. The number of nitrogens with zero attached hydrogens (tertiary/aromatic N) is 3. The molecule has 1 N–H and O–H groups in total. The number of aromatic nitrogens is 2. The van der Waals surface area contributed by atoms with E-state index >= 15 is 0 Å². The maximum atomic E-state index is 12.4. The molecule has 27 heavy (non-hydrogen) atoms. The molecule has 8 heteroatoms. The van der Waals surface area contributed by atoms with Crippen LogP contribution in [0.5, 0.6) is 6.01 Å². The summed E-state index contributed by atoms with van der Waals surface area (Å²) in [6.45, 7) is 8.09. The molecule has 3 rings (SSSR count). The van der Waals surface area contributed by atoms with Crippen LogP contribution in [-0.2, 0) is 6.42 Å².